The van der Waals surface area contributed by atoms with Crippen LogP contribution in [0.3, 0.4) is 0 Å². The summed E-state index contributed by atoms with van der Waals surface area (Å²) in [6.07, 6.45) is 4.54. The highest BCUT2D eigenvalue weighted by atomic mass is 16.1. The molecule has 0 rings (SSSR count). The monoisotopic (exact) mass is 336 g/mol. The molecule has 0 spiro atoms. The van der Waals surface area contributed by atoms with E-state index >= 15 is 0 Å². The van der Waals surface area contributed by atoms with Crippen LogP contribution in [0.5, 0.6) is 0 Å². The molecule has 24 heavy (non-hydrogen) atoms. The van der Waals surface area contributed by atoms with Crippen LogP contribution in [0, 0.1) is 0 Å². The van der Waals surface area contributed by atoms with E-state index in [1.54, 1.807) is 0 Å². The van der Waals surface area contributed by atoms with Crippen molar-refractivity contribution >= 4 is 30.2 Å². The van der Waals surface area contributed by atoms with Gasteiger partial charge < -0.3 is 9.80 Å². The van der Waals surface area contributed by atoms with E-state index in [4.69, 9.17) is 0 Å². The van der Waals surface area contributed by atoms with E-state index in [0.29, 0.717) is 12.8 Å². The third kappa shape index (κ3) is 10.2. The van der Waals surface area contributed by atoms with Gasteiger partial charge in [0.05, 0.1) is 0 Å². The number of nitrogens with zero attached hydrogens (tertiary/aromatic N) is 2. The molecular formula is C17H24N2O5. The molecule has 0 fully saturated rings. The predicted octanol–water partition coefficient (Wildman–Crippen LogP) is 1.24. The number of hydrogen-bond donors (Lipinski definition) is 0. The highest BCUT2D eigenvalue weighted by molar-refractivity contribution is 5.89. The molecule has 0 heterocycles. The Morgan fingerprint density at radius 1 is 0.625 bits per heavy atom. The Morgan fingerprint density at radius 3 is 1.17 bits per heavy atom. The van der Waals surface area contributed by atoms with Crippen LogP contribution < -0.4 is 0 Å². The molecule has 0 saturated heterocycles. The van der Waals surface area contributed by atoms with Gasteiger partial charge in [-0.15, -0.1) is 0 Å². The Labute approximate surface area is 142 Å². The molecule has 0 saturated carbocycles. The van der Waals surface area contributed by atoms with Gasteiger partial charge in [-0.05, 0) is 12.4 Å². The quantitative estimate of drug-likeness (QED) is 0.395. The molecule has 0 aliphatic heterocycles. The largest absolute Gasteiger partial charge is 0.322 e. The van der Waals surface area contributed by atoms with Gasteiger partial charge in [0.25, 0.3) is 0 Å². The third-order valence-corrected chi connectivity index (χ3v) is 3.40. The van der Waals surface area contributed by atoms with Gasteiger partial charge in [-0.3, -0.25) is 24.0 Å². The van der Waals surface area contributed by atoms with Crippen LogP contribution in [-0.4, -0.2) is 53.1 Å². The van der Waals surface area contributed by atoms with Gasteiger partial charge in [0.1, 0.15) is 17.3 Å². The summed E-state index contributed by atoms with van der Waals surface area (Å²) in [6.45, 7) is 7.35. The lowest BCUT2D eigenvalue weighted by atomic mass is 10.0. The highest BCUT2D eigenvalue weighted by Crippen LogP contribution is 2.04. The Morgan fingerprint density at radius 2 is 0.917 bits per heavy atom. The number of carbonyl (C=O) groups is 5. The molecule has 7 nitrogen and oxygen atoms in total. The number of Topliss-reactive ketones (excluding diaryl/α,β-unsaturated/α-hetero) is 3. The van der Waals surface area contributed by atoms with Crippen LogP contribution in [0.4, 0.5) is 0 Å². The SMILES string of the molecule is C=CN(C=O)CCC(=O)CCC(=O)CCC(=O)CCN(C=C)C=O. The zero-order valence-electron chi connectivity index (χ0n) is 13.8. The summed E-state index contributed by atoms with van der Waals surface area (Å²) in [5.41, 5.74) is 0. The van der Waals surface area contributed by atoms with Crippen molar-refractivity contribution in [2.45, 2.75) is 38.5 Å². The van der Waals surface area contributed by atoms with Crippen molar-refractivity contribution in [3.05, 3.63) is 25.6 Å². The average molecular weight is 336 g/mol. The summed E-state index contributed by atoms with van der Waals surface area (Å²) < 4.78 is 0. The molecular weight excluding hydrogens is 312 g/mol. The van der Waals surface area contributed by atoms with Crippen LogP contribution in [0.2, 0.25) is 0 Å². The van der Waals surface area contributed by atoms with Gasteiger partial charge in [0, 0.05) is 51.6 Å². The second-order valence-corrected chi connectivity index (χ2v) is 5.17. The van der Waals surface area contributed by atoms with Gasteiger partial charge in [-0.1, -0.05) is 13.2 Å². The van der Waals surface area contributed by atoms with E-state index in [2.05, 4.69) is 13.2 Å². The lowest BCUT2D eigenvalue weighted by Gasteiger charge is -2.10. The molecule has 0 aromatic carbocycles. The second-order valence-electron chi connectivity index (χ2n) is 5.17. The van der Waals surface area contributed by atoms with Crippen molar-refractivity contribution in [3.63, 3.8) is 0 Å². The number of carbonyl (C=O) groups excluding carboxylic acids is 5. The second kappa shape index (κ2) is 12.9. The Bertz CT molecular complexity index is 429. The van der Waals surface area contributed by atoms with Crippen LogP contribution in [0.25, 0.3) is 0 Å². The van der Waals surface area contributed by atoms with E-state index in [-0.39, 0.29) is 69.0 Å². The molecule has 0 radical (unpaired) electrons. The zero-order valence-corrected chi connectivity index (χ0v) is 13.8. The summed E-state index contributed by atoms with van der Waals surface area (Å²) in [6, 6.07) is 0. The first kappa shape index (κ1) is 21.4. The lowest BCUT2D eigenvalue weighted by Crippen LogP contribution is -2.19. The van der Waals surface area contributed by atoms with E-state index in [1.807, 2.05) is 0 Å². The van der Waals surface area contributed by atoms with Gasteiger partial charge in [0.2, 0.25) is 12.8 Å². The first-order chi connectivity index (χ1) is 11.5. The maximum atomic E-state index is 11.7. The first-order valence-corrected chi connectivity index (χ1v) is 7.69. The molecule has 0 atom stereocenters. The fraction of sp³-hybridized carbons (Fsp3) is 0.471. The predicted molar refractivity (Wildman–Crippen MR) is 88.7 cm³/mol. The minimum Gasteiger partial charge on any atom is -0.322 e. The lowest BCUT2D eigenvalue weighted by molar-refractivity contribution is -0.126. The number of hydrogen-bond acceptors (Lipinski definition) is 5. The Balaban J connectivity index is 3.89. The summed E-state index contributed by atoms with van der Waals surface area (Å²) >= 11 is 0. The number of ketones is 3. The maximum Gasteiger partial charge on any atom is 0.213 e. The molecule has 0 aromatic rings. The van der Waals surface area contributed by atoms with E-state index < -0.39 is 0 Å². The topological polar surface area (TPSA) is 91.8 Å². The fourth-order valence-electron chi connectivity index (χ4n) is 1.81. The molecule has 2 amide bonds. The number of rotatable bonds is 16. The van der Waals surface area contributed by atoms with Gasteiger partial charge in [-0.2, -0.15) is 0 Å². The fourth-order valence-corrected chi connectivity index (χ4v) is 1.81. The summed E-state index contributed by atoms with van der Waals surface area (Å²) in [7, 11) is 0. The summed E-state index contributed by atoms with van der Waals surface area (Å²) in [5.74, 6) is -0.379. The van der Waals surface area contributed by atoms with Crippen molar-refractivity contribution in [2.24, 2.45) is 0 Å². The minimum absolute atomic E-state index is 0.0917. The molecule has 0 aliphatic carbocycles. The van der Waals surface area contributed by atoms with Crippen molar-refractivity contribution in [1.29, 1.82) is 0 Å². The zero-order chi connectivity index (χ0) is 18.4. The third-order valence-electron chi connectivity index (χ3n) is 3.40. The van der Waals surface area contributed by atoms with Crippen LogP contribution in [0.1, 0.15) is 38.5 Å². The van der Waals surface area contributed by atoms with Crippen LogP contribution in [0.15, 0.2) is 25.6 Å². The van der Waals surface area contributed by atoms with Gasteiger partial charge >= 0.3 is 0 Å². The highest BCUT2D eigenvalue weighted by Gasteiger charge is 2.11. The maximum absolute atomic E-state index is 11.7. The Kier molecular flexibility index (Phi) is 11.5. The smallest absolute Gasteiger partial charge is 0.213 e. The van der Waals surface area contributed by atoms with E-state index in [9.17, 15) is 24.0 Å². The van der Waals surface area contributed by atoms with Crippen LogP contribution >= 0.6 is 0 Å². The summed E-state index contributed by atoms with van der Waals surface area (Å²) in [5, 5.41) is 0. The number of amides is 2. The van der Waals surface area contributed by atoms with Gasteiger partial charge in [0.15, 0.2) is 0 Å². The van der Waals surface area contributed by atoms with Crippen molar-refractivity contribution in [3.8, 4) is 0 Å². The van der Waals surface area contributed by atoms with Crippen molar-refractivity contribution in [2.75, 3.05) is 13.1 Å². The van der Waals surface area contributed by atoms with Crippen molar-refractivity contribution < 1.29 is 24.0 Å². The van der Waals surface area contributed by atoms with Crippen LogP contribution in [-0.2, 0) is 24.0 Å². The molecule has 0 N–H and O–H groups in total. The molecule has 0 aromatic heterocycles. The Hall–Kier alpha value is -2.57. The molecule has 0 unspecified atom stereocenters. The van der Waals surface area contributed by atoms with E-state index in [1.165, 1.54) is 22.2 Å². The molecule has 0 bridgehead atoms. The minimum atomic E-state index is -0.149. The average Bonchev–Trinajstić information content (AvgIpc) is 2.59. The normalized spacial score (nSPS) is 9.67. The van der Waals surface area contributed by atoms with E-state index in [0.717, 1.165) is 0 Å². The molecule has 7 heteroatoms. The summed E-state index contributed by atoms with van der Waals surface area (Å²) in [4.78, 5) is 58.5. The first-order valence-electron chi connectivity index (χ1n) is 7.69. The standard InChI is InChI=1S/C17H24N2O5/c1-3-18(13-20)11-9-16(23)7-5-15(22)6-8-17(24)10-12-19(4-2)14-21/h3-4,13-14H,1-2,5-12H2. The van der Waals surface area contributed by atoms with Gasteiger partial charge in [-0.25, -0.2) is 0 Å². The van der Waals surface area contributed by atoms with Crippen molar-refractivity contribution in [1.82, 2.24) is 9.80 Å². The molecule has 132 valence electrons. The molecule has 0 aliphatic rings.